The minimum absolute atomic E-state index is 0.0267. The van der Waals surface area contributed by atoms with Gasteiger partial charge in [0.25, 0.3) is 0 Å². The Morgan fingerprint density at radius 3 is 2.82 bits per heavy atom. The van der Waals surface area contributed by atoms with Crippen molar-refractivity contribution >= 4 is 5.69 Å². The predicted molar refractivity (Wildman–Crippen MR) is 107 cm³/mol. The van der Waals surface area contributed by atoms with Crippen LogP contribution in [-0.4, -0.2) is 36.9 Å². The van der Waals surface area contributed by atoms with Crippen LogP contribution in [0.5, 0.6) is 5.75 Å². The number of fused-ring (bicyclic) bond motifs is 2. The van der Waals surface area contributed by atoms with Gasteiger partial charge in [-0.3, -0.25) is 0 Å². The molecule has 0 radical (unpaired) electrons. The first kappa shape index (κ1) is 18.0. The van der Waals surface area contributed by atoms with E-state index in [1.54, 1.807) is 6.07 Å². The lowest BCUT2D eigenvalue weighted by molar-refractivity contribution is 0.131. The molecule has 2 atom stereocenters. The molecule has 2 heterocycles. The van der Waals surface area contributed by atoms with Crippen LogP contribution in [0.3, 0.4) is 0 Å². The number of hydrogen-bond donors (Lipinski definition) is 2. The van der Waals surface area contributed by atoms with Crippen LogP contribution in [0.2, 0.25) is 0 Å². The molecule has 0 unspecified atom stereocenters. The third kappa shape index (κ3) is 3.27. The van der Waals surface area contributed by atoms with E-state index in [4.69, 9.17) is 4.74 Å². The lowest BCUT2D eigenvalue weighted by atomic mass is 10.00. The molecule has 2 aliphatic heterocycles. The minimum atomic E-state index is -0.627. The largest absolute Gasteiger partial charge is 0.491 e. The third-order valence-corrected chi connectivity index (χ3v) is 6.45. The number of ether oxygens (including phenoxy) is 1. The molecule has 28 heavy (non-hydrogen) atoms. The number of nitrogens with zero attached hydrogens (tertiary/aromatic N) is 1. The number of aryl methyl sites for hydroxylation is 1. The van der Waals surface area contributed by atoms with E-state index in [0.717, 1.165) is 68.7 Å². The monoisotopic (exact) mass is 382 g/mol. The van der Waals surface area contributed by atoms with Crippen LogP contribution in [0.15, 0.2) is 36.4 Å². The molecule has 1 aliphatic carbocycles. The number of para-hydroxylation sites is 1. The second-order valence-corrected chi connectivity index (χ2v) is 8.24. The van der Waals surface area contributed by atoms with E-state index >= 15 is 0 Å². The van der Waals surface area contributed by atoms with Crippen molar-refractivity contribution in [2.75, 3.05) is 24.6 Å². The van der Waals surface area contributed by atoms with Crippen molar-refractivity contribution in [3.8, 4) is 5.75 Å². The topological polar surface area (TPSA) is 44.7 Å². The Kier molecular flexibility index (Phi) is 4.73. The quantitative estimate of drug-likeness (QED) is 0.854. The second kappa shape index (κ2) is 7.37. The van der Waals surface area contributed by atoms with Gasteiger partial charge in [-0.25, -0.2) is 4.39 Å². The Labute approximate surface area is 165 Å². The van der Waals surface area contributed by atoms with Crippen LogP contribution in [-0.2, 0) is 12.8 Å². The molecular formula is C23H27FN2O2. The van der Waals surface area contributed by atoms with Crippen LogP contribution < -0.4 is 15.0 Å². The first-order valence-corrected chi connectivity index (χ1v) is 10.4. The molecule has 2 N–H and O–H groups in total. The van der Waals surface area contributed by atoms with Crippen molar-refractivity contribution < 1.29 is 14.2 Å². The molecule has 0 spiro atoms. The molecule has 0 saturated carbocycles. The summed E-state index contributed by atoms with van der Waals surface area (Å²) in [6.07, 6.45) is 4.38. The number of nitrogens with one attached hydrogen (secondary N) is 1. The van der Waals surface area contributed by atoms with Crippen LogP contribution in [0.25, 0.3) is 0 Å². The molecule has 2 aromatic carbocycles. The maximum atomic E-state index is 13.5. The molecule has 1 fully saturated rings. The maximum Gasteiger partial charge on any atom is 0.145 e. The number of halogens is 1. The molecule has 148 valence electrons. The zero-order valence-electron chi connectivity index (χ0n) is 16.0. The first-order chi connectivity index (χ1) is 13.7. The van der Waals surface area contributed by atoms with Gasteiger partial charge in [0, 0.05) is 25.2 Å². The Balaban J connectivity index is 1.22. The fourth-order valence-corrected chi connectivity index (χ4v) is 4.95. The van der Waals surface area contributed by atoms with Gasteiger partial charge >= 0.3 is 0 Å². The van der Waals surface area contributed by atoms with E-state index < -0.39 is 6.10 Å². The standard InChI is InChI=1S/C23H27FN2O2/c24-17-7-6-16-13-20(22(27)19(16)14-17)25-18-8-10-26(11-9-18)21-5-1-3-15-4-2-12-28-23(15)21/h1,3,5-7,14,18,20,22,25,27H,2,4,8-13H2/t20-,22+/m0/s1. The van der Waals surface area contributed by atoms with Gasteiger partial charge in [0.2, 0.25) is 0 Å². The summed E-state index contributed by atoms with van der Waals surface area (Å²) in [5, 5.41) is 14.2. The molecule has 5 rings (SSSR count). The fraction of sp³-hybridized carbons (Fsp3) is 0.478. The van der Waals surface area contributed by atoms with Crippen molar-refractivity contribution in [1.29, 1.82) is 0 Å². The van der Waals surface area contributed by atoms with E-state index in [1.807, 2.05) is 0 Å². The van der Waals surface area contributed by atoms with Crippen molar-refractivity contribution in [2.45, 2.75) is 50.3 Å². The average Bonchev–Trinajstić information content (AvgIpc) is 3.03. The smallest absolute Gasteiger partial charge is 0.145 e. The van der Waals surface area contributed by atoms with E-state index in [2.05, 4.69) is 28.4 Å². The molecule has 2 aromatic rings. The van der Waals surface area contributed by atoms with Crippen molar-refractivity contribution in [3.63, 3.8) is 0 Å². The van der Waals surface area contributed by atoms with E-state index in [0.29, 0.717) is 6.04 Å². The van der Waals surface area contributed by atoms with Gasteiger partial charge in [0.1, 0.15) is 11.6 Å². The summed E-state index contributed by atoms with van der Waals surface area (Å²) < 4.78 is 19.5. The highest BCUT2D eigenvalue weighted by molar-refractivity contribution is 5.62. The molecule has 0 bridgehead atoms. The summed E-state index contributed by atoms with van der Waals surface area (Å²) in [6.45, 7) is 2.76. The SMILES string of the molecule is O[C@@H]1c2cc(F)ccc2C[C@@H]1NC1CCN(c2cccc3c2OCCC3)CC1. The van der Waals surface area contributed by atoms with E-state index in [9.17, 15) is 9.50 Å². The number of aliphatic hydroxyl groups excluding tert-OH is 1. The molecular weight excluding hydrogens is 355 g/mol. The lowest BCUT2D eigenvalue weighted by Gasteiger charge is -2.37. The zero-order chi connectivity index (χ0) is 19.1. The summed E-state index contributed by atoms with van der Waals surface area (Å²) in [7, 11) is 0. The van der Waals surface area contributed by atoms with Crippen LogP contribution in [0.4, 0.5) is 10.1 Å². The minimum Gasteiger partial charge on any atom is -0.491 e. The highest BCUT2D eigenvalue weighted by Crippen LogP contribution is 2.37. The summed E-state index contributed by atoms with van der Waals surface area (Å²) in [6, 6.07) is 11.6. The highest BCUT2D eigenvalue weighted by Gasteiger charge is 2.33. The molecule has 1 saturated heterocycles. The number of piperidine rings is 1. The number of benzene rings is 2. The van der Waals surface area contributed by atoms with Crippen LogP contribution in [0.1, 0.15) is 42.1 Å². The Morgan fingerprint density at radius 2 is 1.96 bits per heavy atom. The molecule has 3 aliphatic rings. The Hall–Kier alpha value is -2.11. The fourth-order valence-electron chi connectivity index (χ4n) is 4.95. The van der Waals surface area contributed by atoms with Crippen molar-refractivity contribution in [1.82, 2.24) is 5.32 Å². The van der Waals surface area contributed by atoms with Crippen LogP contribution >= 0.6 is 0 Å². The summed E-state index contributed by atoms with van der Waals surface area (Å²) in [5.74, 6) is 0.795. The van der Waals surface area contributed by atoms with Crippen molar-refractivity contribution in [2.24, 2.45) is 0 Å². The lowest BCUT2D eigenvalue weighted by Crippen LogP contribution is -2.47. The van der Waals surface area contributed by atoms with Crippen molar-refractivity contribution in [3.05, 3.63) is 58.9 Å². The Bertz CT molecular complexity index is 864. The normalized spacial score (nSPS) is 24.6. The second-order valence-electron chi connectivity index (χ2n) is 8.24. The number of aliphatic hydroxyl groups is 1. The summed E-state index contributed by atoms with van der Waals surface area (Å²) >= 11 is 0. The highest BCUT2D eigenvalue weighted by atomic mass is 19.1. The number of hydrogen-bond acceptors (Lipinski definition) is 4. The van der Waals surface area contributed by atoms with Gasteiger partial charge in [0.15, 0.2) is 0 Å². The van der Waals surface area contributed by atoms with Crippen LogP contribution in [0, 0.1) is 5.82 Å². The van der Waals surface area contributed by atoms with Gasteiger partial charge < -0.3 is 20.1 Å². The average molecular weight is 382 g/mol. The van der Waals surface area contributed by atoms with Gasteiger partial charge in [-0.15, -0.1) is 0 Å². The predicted octanol–water partition coefficient (Wildman–Crippen LogP) is 3.37. The molecule has 0 aromatic heterocycles. The molecule has 4 nitrogen and oxygen atoms in total. The molecule has 5 heteroatoms. The Morgan fingerprint density at radius 1 is 1.11 bits per heavy atom. The molecule has 0 amide bonds. The third-order valence-electron chi connectivity index (χ3n) is 6.45. The van der Waals surface area contributed by atoms with Gasteiger partial charge in [0.05, 0.1) is 18.4 Å². The van der Waals surface area contributed by atoms with E-state index in [1.165, 1.54) is 23.4 Å². The number of anilines is 1. The number of rotatable bonds is 3. The van der Waals surface area contributed by atoms with Gasteiger partial charge in [-0.05, 0) is 67.0 Å². The first-order valence-electron chi connectivity index (χ1n) is 10.4. The maximum absolute atomic E-state index is 13.5. The van der Waals surface area contributed by atoms with Gasteiger partial charge in [-0.2, -0.15) is 0 Å². The van der Waals surface area contributed by atoms with E-state index in [-0.39, 0.29) is 11.9 Å². The summed E-state index contributed by atoms with van der Waals surface area (Å²) in [5.41, 5.74) is 4.34. The van der Waals surface area contributed by atoms with Gasteiger partial charge in [-0.1, -0.05) is 18.2 Å². The zero-order valence-corrected chi connectivity index (χ0v) is 16.0. The summed E-state index contributed by atoms with van der Waals surface area (Å²) in [4.78, 5) is 2.43.